The number of carbonyl (C=O) groups is 4. The van der Waals surface area contributed by atoms with Crippen molar-refractivity contribution in [2.24, 2.45) is 0 Å². The summed E-state index contributed by atoms with van der Waals surface area (Å²) in [7, 11) is 0. The van der Waals surface area contributed by atoms with Crippen molar-refractivity contribution < 1.29 is 158 Å². The number of benzene rings is 2. The molecule has 0 heterocycles. The summed E-state index contributed by atoms with van der Waals surface area (Å²) < 4.78 is 0. The Hall–Kier alpha value is 0.580. The molecule has 0 atom stereocenters. The van der Waals surface area contributed by atoms with Gasteiger partial charge in [-0.1, -0.05) is 24.3 Å². The fraction of sp³-hybridized carbons (Fsp3) is 0. The molecule has 0 saturated heterocycles. The van der Waals surface area contributed by atoms with Crippen LogP contribution in [0.1, 0.15) is 41.4 Å². The van der Waals surface area contributed by atoms with Crippen LogP contribution in [0.4, 0.5) is 0 Å². The molecule has 26 heavy (non-hydrogen) atoms. The first kappa shape index (κ1) is 31.3. The van der Waals surface area contributed by atoms with Gasteiger partial charge in [-0.15, -0.1) is 0 Å². The van der Waals surface area contributed by atoms with E-state index in [0.29, 0.717) is 0 Å². The summed E-state index contributed by atoms with van der Waals surface area (Å²) >= 11 is 0. The third kappa shape index (κ3) is 6.30. The van der Waals surface area contributed by atoms with Gasteiger partial charge >= 0.3 is 118 Å². The maximum Gasteiger partial charge on any atom is 1.00 e. The summed E-state index contributed by atoms with van der Waals surface area (Å²) in [5.41, 5.74) is -3.04. The van der Waals surface area contributed by atoms with E-state index in [1.54, 1.807) is 0 Å². The third-order valence-corrected chi connectivity index (χ3v) is 3.05. The fourth-order valence-corrected chi connectivity index (χ4v) is 2.18. The summed E-state index contributed by atoms with van der Waals surface area (Å²) in [4.78, 5) is 44.3. The summed E-state index contributed by atoms with van der Waals surface area (Å²) in [5.74, 6) is -7.39. The van der Waals surface area contributed by atoms with Gasteiger partial charge in [-0.05, 0) is 5.39 Å². The van der Waals surface area contributed by atoms with E-state index in [0.717, 1.165) is 24.3 Å². The smallest absolute Gasteiger partial charge is 0.545 e. The molecular formula is C14H4Na4O8. The summed E-state index contributed by atoms with van der Waals surface area (Å²) in [5, 5.41) is 43.4. The minimum atomic E-state index is -2.00. The van der Waals surface area contributed by atoms with E-state index in [2.05, 4.69) is 0 Å². The Kier molecular flexibility index (Phi) is 15.5. The molecule has 0 spiro atoms. The first-order valence-electron chi connectivity index (χ1n) is 5.70. The van der Waals surface area contributed by atoms with Gasteiger partial charge in [-0.2, -0.15) is 0 Å². The summed E-state index contributed by atoms with van der Waals surface area (Å²) in [6, 6.07) is 3.41. The Balaban J connectivity index is -0.00000132. The zero-order valence-corrected chi connectivity index (χ0v) is 22.6. The van der Waals surface area contributed by atoms with Crippen LogP contribution in [-0.2, 0) is 0 Å². The second kappa shape index (κ2) is 12.9. The van der Waals surface area contributed by atoms with E-state index in [1.807, 2.05) is 0 Å². The van der Waals surface area contributed by atoms with E-state index in [1.165, 1.54) is 0 Å². The molecule has 2 aromatic rings. The predicted octanol–water partition coefficient (Wildman–Crippen LogP) is -15.7. The number of aromatic carboxylic acids is 4. The maximum atomic E-state index is 11.2. The summed E-state index contributed by atoms with van der Waals surface area (Å²) in [6.07, 6.45) is 0. The Bertz CT molecular complexity index is 866. The van der Waals surface area contributed by atoms with Crippen LogP contribution in [0.25, 0.3) is 10.8 Å². The van der Waals surface area contributed by atoms with Crippen molar-refractivity contribution in [3.63, 3.8) is 0 Å². The van der Waals surface area contributed by atoms with Gasteiger partial charge in [0.05, 0.1) is 23.9 Å². The minimum absolute atomic E-state index is 0. The molecular weight excluding hydrogens is 388 g/mol. The maximum absolute atomic E-state index is 11.2. The van der Waals surface area contributed by atoms with E-state index in [9.17, 15) is 39.6 Å². The number of fused-ring (bicyclic) bond motifs is 1. The van der Waals surface area contributed by atoms with E-state index in [-0.39, 0.29) is 124 Å². The summed E-state index contributed by atoms with van der Waals surface area (Å²) in [6.45, 7) is 0. The van der Waals surface area contributed by atoms with Crippen LogP contribution in [0, 0.1) is 0 Å². The number of carboxylic acid groups (broad SMARTS) is 4. The third-order valence-electron chi connectivity index (χ3n) is 3.05. The van der Waals surface area contributed by atoms with Gasteiger partial charge in [0.1, 0.15) is 0 Å². The van der Waals surface area contributed by atoms with Crippen molar-refractivity contribution in [3.05, 3.63) is 46.5 Å². The standard InChI is InChI=1S/C14H8O8.4Na/c15-11(16)6-2-4-7(12(17)18)9-5(6)1-3-8(13(19)20)10(9)14(21)22;;;;/h1-4H,(H,15,16)(H,17,18)(H,19,20)(H,21,22);;;;/q;4*+1/p-4. The SMILES string of the molecule is O=C([O-])c1ccc2c(C(=O)[O-])ccc(C(=O)[O-])c2c1C(=O)[O-].[Na+].[Na+].[Na+].[Na+]. The molecule has 0 aliphatic carbocycles. The molecule has 0 aromatic heterocycles. The van der Waals surface area contributed by atoms with Gasteiger partial charge in [-0.3, -0.25) is 0 Å². The molecule has 0 saturated carbocycles. The molecule has 112 valence electrons. The van der Waals surface area contributed by atoms with Crippen LogP contribution in [0.15, 0.2) is 24.3 Å². The number of carbonyl (C=O) groups excluding carboxylic acids is 4. The molecule has 12 heteroatoms. The van der Waals surface area contributed by atoms with Crippen molar-refractivity contribution in [2.75, 3.05) is 0 Å². The van der Waals surface area contributed by atoms with Crippen LogP contribution >= 0.6 is 0 Å². The first-order valence-corrected chi connectivity index (χ1v) is 5.70. The molecule has 0 aliphatic rings. The Morgan fingerprint density at radius 3 is 1.31 bits per heavy atom. The van der Waals surface area contributed by atoms with Gasteiger partial charge in [0.25, 0.3) is 0 Å². The first-order chi connectivity index (χ1) is 10.3. The average Bonchev–Trinajstić information content (AvgIpc) is 2.43. The number of carboxylic acids is 4. The van der Waals surface area contributed by atoms with E-state index in [4.69, 9.17) is 0 Å². The largest absolute Gasteiger partial charge is 1.00 e. The zero-order valence-electron chi connectivity index (χ0n) is 14.6. The molecule has 0 radical (unpaired) electrons. The zero-order chi connectivity index (χ0) is 16.6. The molecule has 0 fully saturated rings. The molecule has 2 aromatic carbocycles. The molecule has 0 unspecified atom stereocenters. The molecule has 0 N–H and O–H groups in total. The van der Waals surface area contributed by atoms with Crippen molar-refractivity contribution in [3.8, 4) is 0 Å². The van der Waals surface area contributed by atoms with Crippen LogP contribution in [0.5, 0.6) is 0 Å². The average molecular weight is 392 g/mol. The Morgan fingerprint density at radius 1 is 0.538 bits per heavy atom. The van der Waals surface area contributed by atoms with Crippen molar-refractivity contribution in [1.82, 2.24) is 0 Å². The number of rotatable bonds is 4. The fourth-order valence-electron chi connectivity index (χ4n) is 2.18. The quantitative estimate of drug-likeness (QED) is 0.464. The minimum Gasteiger partial charge on any atom is -0.545 e. The Labute approximate surface area is 235 Å². The van der Waals surface area contributed by atoms with Crippen molar-refractivity contribution in [2.45, 2.75) is 0 Å². The van der Waals surface area contributed by atoms with Crippen LogP contribution in [-0.4, -0.2) is 23.9 Å². The molecule has 0 aliphatic heterocycles. The number of hydrogen-bond acceptors (Lipinski definition) is 8. The molecule has 0 amide bonds. The van der Waals surface area contributed by atoms with Crippen LogP contribution < -0.4 is 139 Å². The van der Waals surface area contributed by atoms with Crippen LogP contribution in [0.3, 0.4) is 0 Å². The number of hydrogen-bond donors (Lipinski definition) is 0. The van der Waals surface area contributed by atoms with Gasteiger partial charge in [-0.25, -0.2) is 0 Å². The van der Waals surface area contributed by atoms with E-state index >= 15 is 0 Å². The predicted molar refractivity (Wildman–Crippen MR) is 61.3 cm³/mol. The topological polar surface area (TPSA) is 161 Å². The molecule has 0 bridgehead atoms. The Morgan fingerprint density at radius 2 is 0.923 bits per heavy atom. The van der Waals surface area contributed by atoms with Gasteiger partial charge in [0.2, 0.25) is 0 Å². The van der Waals surface area contributed by atoms with E-state index < -0.39 is 51.5 Å². The monoisotopic (exact) mass is 392 g/mol. The normalized spacial score (nSPS) is 8.77. The van der Waals surface area contributed by atoms with Gasteiger partial charge in [0.15, 0.2) is 0 Å². The molecule has 2 rings (SSSR count). The van der Waals surface area contributed by atoms with Gasteiger partial charge in [0, 0.05) is 27.6 Å². The van der Waals surface area contributed by atoms with Crippen LogP contribution in [0.2, 0.25) is 0 Å². The second-order valence-electron chi connectivity index (χ2n) is 4.22. The molecule has 8 nitrogen and oxygen atoms in total. The van der Waals surface area contributed by atoms with Gasteiger partial charge < -0.3 is 39.6 Å². The van der Waals surface area contributed by atoms with Crippen molar-refractivity contribution >= 4 is 34.6 Å². The second-order valence-corrected chi connectivity index (χ2v) is 4.22. The van der Waals surface area contributed by atoms with Crippen molar-refractivity contribution in [1.29, 1.82) is 0 Å².